The summed E-state index contributed by atoms with van der Waals surface area (Å²) in [6.07, 6.45) is 0.539. The van der Waals surface area contributed by atoms with Crippen molar-refractivity contribution in [2.24, 2.45) is 0 Å². The smallest absolute Gasteiger partial charge is 0.282 e. The Balaban J connectivity index is 1.59. The zero-order chi connectivity index (χ0) is 16.5. The second kappa shape index (κ2) is 5.92. The SMILES string of the molecule is CC(Cc1ccccc1F)c1cc2c(nn1)Oc1ccccc1O2. The lowest BCUT2D eigenvalue weighted by atomic mass is 9.97. The van der Waals surface area contributed by atoms with Gasteiger partial charge in [0.15, 0.2) is 17.2 Å². The minimum Gasteiger partial charge on any atom is -0.448 e. The van der Waals surface area contributed by atoms with E-state index in [1.165, 1.54) is 6.07 Å². The summed E-state index contributed by atoms with van der Waals surface area (Å²) >= 11 is 0. The van der Waals surface area contributed by atoms with Crippen molar-refractivity contribution in [2.45, 2.75) is 19.3 Å². The number of para-hydroxylation sites is 2. The Morgan fingerprint density at radius 3 is 2.42 bits per heavy atom. The Morgan fingerprint density at radius 2 is 1.62 bits per heavy atom. The van der Waals surface area contributed by atoms with Gasteiger partial charge in [0.1, 0.15) is 5.82 Å². The van der Waals surface area contributed by atoms with Crippen molar-refractivity contribution in [2.75, 3.05) is 0 Å². The van der Waals surface area contributed by atoms with E-state index in [-0.39, 0.29) is 11.7 Å². The zero-order valence-corrected chi connectivity index (χ0v) is 13.1. The molecule has 2 heterocycles. The molecular formula is C19H15FN2O2. The van der Waals surface area contributed by atoms with Crippen molar-refractivity contribution in [1.82, 2.24) is 10.2 Å². The molecule has 4 nitrogen and oxygen atoms in total. The molecule has 2 aromatic carbocycles. The molecule has 1 aromatic heterocycles. The van der Waals surface area contributed by atoms with Crippen LogP contribution in [0, 0.1) is 5.82 Å². The molecule has 0 saturated heterocycles. The molecule has 4 rings (SSSR count). The average molecular weight is 322 g/mol. The third-order valence-corrected chi connectivity index (χ3v) is 4.01. The van der Waals surface area contributed by atoms with Gasteiger partial charge in [-0.25, -0.2) is 4.39 Å². The van der Waals surface area contributed by atoms with Crippen LogP contribution in [0.2, 0.25) is 0 Å². The first-order valence-corrected chi connectivity index (χ1v) is 7.76. The molecule has 24 heavy (non-hydrogen) atoms. The van der Waals surface area contributed by atoms with Crippen molar-refractivity contribution in [3.8, 4) is 23.1 Å². The number of halogens is 1. The molecule has 0 N–H and O–H groups in total. The Bertz CT molecular complexity index is 898. The van der Waals surface area contributed by atoms with E-state index in [1.54, 1.807) is 12.1 Å². The van der Waals surface area contributed by atoms with Crippen molar-refractivity contribution in [3.05, 3.63) is 71.7 Å². The van der Waals surface area contributed by atoms with Gasteiger partial charge in [-0.2, -0.15) is 5.10 Å². The number of benzene rings is 2. The number of hydrogen-bond donors (Lipinski definition) is 0. The zero-order valence-electron chi connectivity index (χ0n) is 13.1. The summed E-state index contributed by atoms with van der Waals surface area (Å²) in [6.45, 7) is 1.99. The molecule has 5 heteroatoms. The Labute approximate surface area is 138 Å². The summed E-state index contributed by atoms with van der Waals surface area (Å²) in [6, 6.07) is 16.0. The van der Waals surface area contributed by atoms with E-state index in [2.05, 4.69) is 10.2 Å². The molecule has 0 bridgehead atoms. The first kappa shape index (κ1) is 14.6. The quantitative estimate of drug-likeness (QED) is 0.540. The molecule has 0 fully saturated rings. The number of aromatic nitrogens is 2. The third-order valence-electron chi connectivity index (χ3n) is 4.01. The number of rotatable bonds is 3. The molecule has 0 spiro atoms. The minimum atomic E-state index is -0.205. The van der Waals surface area contributed by atoms with Gasteiger partial charge in [0.05, 0.1) is 5.69 Å². The maximum Gasteiger partial charge on any atom is 0.282 e. The van der Waals surface area contributed by atoms with Gasteiger partial charge in [-0.1, -0.05) is 37.3 Å². The first-order valence-electron chi connectivity index (χ1n) is 7.76. The maximum absolute atomic E-state index is 13.8. The van der Waals surface area contributed by atoms with Gasteiger partial charge in [-0.15, -0.1) is 5.10 Å². The van der Waals surface area contributed by atoms with Gasteiger partial charge in [-0.3, -0.25) is 0 Å². The first-order chi connectivity index (χ1) is 11.7. The van der Waals surface area contributed by atoms with E-state index >= 15 is 0 Å². The number of fused-ring (bicyclic) bond motifs is 2. The second-order valence-electron chi connectivity index (χ2n) is 5.79. The summed E-state index contributed by atoms with van der Waals surface area (Å²) < 4.78 is 25.4. The van der Waals surface area contributed by atoms with Crippen LogP contribution in [0.1, 0.15) is 24.1 Å². The summed E-state index contributed by atoms with van der Waals surface area (Å²) in [5.74, 6) is 1.93. The largest absolute Gasteiger partial charge is 0.448 e. The summed E-state index contributed by atoms with van der Waals surface area (Å²) in [4.78, 5) is 0. The lowest BCUT2D eigenvalue weighted by Gasteiger charge is -2.20. The lowest BCUT2D eigenvalue weighted by molar-refractivity contribution is 0.341. The monoisotopic (exact) mass is 322 g/mol. The van der Waals surface area contributed by atoms with Crippen LogP contribution < -0.4 is 9.47 Å². The molecule has 120 valence electrons. The molecule has 0 radical (unpaired) electrons. The van der Waals surface area contributed by atoms with E-state index in [1.807, 2.05) is 43.3 Å². The van der Waals surface area contributed by atoms with E-state index < -0.39 is 0 Å². The molecule has 0 amide bonds. The van der Waals surface area contributed by atoms with Gasteiger partial charge in [-0.05, 0) is 30.2 Å². The summed E-state index contributed by atoms with van der Waals surface area (Å²) in [7, 11) is 0. The second-order valence-corrected chi connectivity index (χ2v) is 5.79. The van der Waals surface area contributed by atoms with Crippen LogP contribution in [0.25, 0.3) is 0 Å². The molecule has 1 atom stereocenters. The predicted molar refractivity (Wildman–Crippen MR) is 87.1 cm³/mol. The molecule has 1 aliphatic heterocycles. The van der Waals surface area contributed by atoms with Crippen molar-refractivity contribution in [1.29, 1.82) is 0 Å². The van der Waals surface area contributed by atoms with Gasteiger partial charge in [0.25, 0.3) is 5.88 Å². The highest BCUT2D eigenvalue weighted by molar-refractivity contribution is 5.51. The van der Waals surface area contributed by atoms with Crippen LogP contribution >= 0.6 is 0 Å². The normalized spacial score (nSPS) is 13.2. The highest BCUT2D eigenvalue weighted by Crippen LogP contribution is 2.44. The van der Waals surface area contributed by atoms with Crippen LogP contribution in [-0.4, -0.2) is 10.2 Å². The number of hydrogen-bond acceptors (Lipinski definition) is 4. The van der Waals surface area contributed by atoms with Crippen LogP contribution in [0.5, 0.6) is 23.1 Å². The third kappa shape index (κ3) is 2.69. The fraction of sp³-hybridized carbons (Fsp3) is 0.158. The molecule has 3 aromatic rings. The van der Waals surface area contributed by atoms with Crippen LogP contribution in [-0.2, 0) is 6.42 Å². The summed E-state index contributed by atoms with van der Waals surface area (Å²) in [5.41, 5.74) is 1.40. The Morgan fingerprint density at radius 1 is 0.917 bits per heavy atom. The maximum atomic E-state index is 13.8. The topological polar surface area (TPSA) is 44.2 Å². The van der Waals surface area contributed by atoms with E-state index in [0.717, 1.165) is 5.69 Å². The number of nitrogens with zero attached hydrogens (tertiary/aromatic N) is 2. The van der Waals surface area contributed by atoms with Gasteiger partial charge >= 0.3 is 0 Å². The fourth-order valence-electron chi connectivity index (χ4n) is 2.70. The summed E-state index contributed by atoms with van der Waals surface area (Å²) in [5, 5.41) is 8.33. The Hall–Kier alpha value is -2.95. The van der Waals surface area contributed by atoms with Crippen LogP contribution in [0.4, 0.5) is 4.39 Å². The highest BCUT2D eigenvalue weighted by atomic mass is 19.1. The fourth-order valence-corrected chi connectivity index (χ4v) is 2.70. The van der Waals surface area contributed by atoms with Crippen LogP contribution in [0.15, 0.2) is 54.6 Å². The van der Waals surface area contributed by atoms with E-state index in [4.69, 9.17) is 9.47 Å². The number of ether oxygens (including phenoxy) is 2. The van der Waals surface area contributed by atoms with Crippen molar-refractivity contribution < 1.29 is 13.9 Å². The Kier molecular flexibility index (Phi) is 3.61. The predicted octanol–water partition coefficient (Wildman–Crippen LogP) is 4.86. The van der Waals surface area contributed by atoms with Crippen molar-refractivity contribution >= 4 is 0 Å². The molecule has 0 saturated carbocycles. The highest BCUT2D eigenvalue weighted by Gasteiger charge is 2.22. The lowest BCUT2D eigenvalue weighted by Crippen LogP contribution is -2.07. The minimum absolute atomic E-state index is 0.000435. The average Bonchev–Trinajstić information content (AvgIpc) is 2.61. The van der Waals surface area contributed by atoms with Gasteiger partial charge in [0.2, 0.25) is 0 Å². The molecule has 1 aliphatic rings. The van der Waals surface area contributed by atoms with Crippen LogP contribution in [0.3, 0.4) is 0 Å². The van der Waals surface area contributed by atoms with Crippen molar-refractivity contribution in [3.63, 3.8) is 0 Å². The van der Waals surface area contributed by atoms with Gasteiger partial charge in [0, 0.05) is 12.0 Å². The molecular weight excluding hydrogens is 307 g/mol. The molecule has 1 unspecified atom stereocenters. The van der Waals surface area contributed by atoms with Gasteiger partial charge < -0.3 is 9.47 Å². The van der Waals surface area contributed by atoms with E-state index in [9.17, 15) is 4.39 Å². The molecule has 0 aliphatic carbocycles. The standard InChI is InChI=1S/C19H15FN2O2/c1-12(10-13-6-2-3-7-14(13)20)15-11-18-19(22-21-15)24-17-9-5-4-8-16(17)23-18/h2-9,11-12H,10H2,1H3. The van der Waals surface area contributed by atoms with E-state index in [0.29, 0.717) is 35.1 Å².